The van der Waals surface area contributed by atoms with E-state index in [4.69, 9.17) is 9.47 Å². The van der Waals surface area contributed by atoms with Crippen molar-refractivity contribution in [2.75, 3.05) is 18.8 Å². The Labute approximate surface area is 107 Å². The van der Waals surface area contributed by atoms with Gasteiger partial charge in [-0.05, 0) is 37.8 Å². The number of fused-ring (bicyclic) bond motifs is 1. The summed E-state index contributed by atoms with van der Waals surface area (Å²) < 4.78 is 10.7. The lowest BCUT2D eigenvalue weighted by Gasteiger charge is -2.19. The molecule has 17 heavy (non-hydrogen) atoms. The van der Waals surface area contributed by atoms with Gasteiger partial charge < -0.3 is 14.8 Å². The van der Waals surface area contributed by atoms with Gasteiger partial charge in [-0.25, -0.2) is 0 Å². The largest absolute Gasteiger partial charge is 0.454 e. The first-order valence-corrected chi connectivity index (χ1v) is 7.24. The van der Waals surface area contributed by atoms with Crippen molar-refractivity contribution in [3.63, 3.8) is 0 Å². The van der Waals surface area contributed by atoms with E-state index in [1.165, 1.54) is 5.56 Å². The molecule has 1 N–H and O–H groups in total. The number of thioether (sulfide) groups is 1. The highest BCUT2D eigenvalue weighted by atomic mass is 32.2. The first kappa shape index (κ1) is 12.6. The molecule has 1 aliphatic rings. The lowest BCUT2D eigenvalue weighted by molar-refractivity contribution is 0.174. The molecule has 1 heterocycles. The van der Waals surface area contributed by atoms with Crippen LogP contribution in [0.1, 0.15) is 25.5 Å². The molecule has 0 aliphatic carbocycles. The molecule has 2 atom stereocenters. The number of hydrogen-bond acceptors (Lipinski definition) is 4. The van der Waals surface area contributed by atoms with Gasteiger partial charge in [0.2, 0.25) is 6.79 Å². The molecule has 4 heteroatoms. The fraction of sp³-hybridized carbons (Fsp3) is 0.538. The van der Waals surface area contributed by atoms with E-state index in [0.717, 1.165) is 17.3 Å². The molecule has 0 amide bonds. The van der Waals surface area contributed by atoms with Gasteiger partial charge >= 0.3 is 0 Å². The quantitative estimate of drug-likeness (QED) is 0.874. The first-order chi connectivity index (χ1) is 8.20. The van der Waals surface area contributed by atoms with Crippen LogP contribution in [-0.2, 0) is 0 Å². The van der Waals surface area contributed by atoms with Crippen molar-refractivity contribution in [3.8, 4) is 11.5 Å². The molecule has 1 aromatic rings. The minimum Gasteiger partial charge on any atom is -0.454 e. The molecule has 0 radical (unpaired) electrons. The van der Waals surface area contributed by atoms with E-state index in [2.05, 4.69) is 37.6 Å². The number of rotatable bonds is 5. The van der Waals surface area contributed by atoms with Crippen molar-refractivity contribution >= 4 is 11.8 Å². The summed E-state index contributed by atoms with van der Waals surface area (Å²) in [4.78, 5) is 0. The molecular formula is C13H19NO2S. The summed E-state index contributed by atoms with van der Waals surface area (Å²) >= 11 is 1.86. The summed E-state index contributed by atoms with van der Waals surface area (Å²) in [5.41, 5.74) is 1.24. The van der Waals surface area contributed by atoms with Crippen LogP contribution >= 0.6 is 11.8 Å². The SMILES string of the molecule is CSCC(C)NC(C)c1ccc2c(c1)OCO2. The van der Waals surface area contributed by atoms with E-state index in [-0.39, 0.29) is 0 Å². The third-order valence-corrected chi connectivity index (χ3v) is 3.68. The maximum Gasteiger partial charge on any atom is 0.231 e. The Morgan fingerprint density at radius 1 is 1.29 bits per heavy atom. The molecule has 2 unspecified atom stereocenters. The Morgan fingerprint density at radius 2 is 2.06 bits per heavy atom. The molecule has 0 saturated carbocycles. The van der Waals surface area contributed by atoms with Crippen LogP contribution in [0.4, 0.5) is 0 Å². The van der Waals surface area contributed by atoms with E-state index in [9.17, 15) is 0 Å². The second-order valence-electron chi connectivity index (χ2n) is 4.36. The standard InChI is InChI=1S/C13H19NO2S/c1-9(7-17-3)14-10(2)11-4-5-12-13(6-11)16-8-15-12/h4-6,9-10,14H,7-8H2,1-3H3. The zero-order valence-electron chi connectivity index (χ0n) is 10.5. The minimum absolute atomic E-state index is 0.326. The molecule has 1 aromatic carbocycles. The highest BCUT2D eigenvalue weighted by Gasteiger charge is 2.16. The van der Waals surface area contributed by atoms with Crippen LogP contribution in [0.25, 0.3) is 0 Å². The number of ether oxygens (including phenoxy) is 2. The van der Waals surface area contributed by atoms with Gasteiger partial charge in [0.1, 0.15) is 0 Å². The van der Waals surface area contributed by atoms with Crippen LogP contribution in [0.15, 0.2) is 18.2 Å². The molecule has 2 rings (SSSR count). The molecule has 0 bridgehead atoms. The second-order valence-corrected chi connectivity index (χ2v) is 5.27. The van der Waals surface area contributed by atoms with Crippen molar-refractivity contribution in [2.45, 2.75) is 25.9 Å². The van der Waals surface area contributed by atoms with Gasteiger partial charge in [-0.1, -0.05) is 6.07 Å². The minimum atomic E-state index is 0.326. The van der Waals surface area contributed by atoms with Crippen molar-refractivity contribution in [1.29, 1.82) is 0 Å². The maximum absolute atomic E-state index is 5.39. The van der Waals surface area contributed by atoms with Gasteiger partial charge in [0.15, 0.2) is 11.5 Å². The molecule has 1 aliphatic heterocycles. The smallest absolute Gasteiger partial charge is 0.231 e. The van der Waals surface area contributed by atoms with Crippen molar-refractivity contribution < 1.29 is 9.47 Å². The maximum atomic E-state index is 5.39. The monoisotopic (exact) mass is 253 g/mol. The highest BCUT2D eigenvalue weighted by Crippen LogP contribution is 2.34. The van der Waals surface area contributed by atoms with Crippen LogP contribution in [0.5, 0.6) is 11.5 Å². The van der Waals surface area contributed by atoms with Gasteiger partial charge in [0, 0.05) is 17.8 Å². The lowest BCUT2D eigenvalue weighted by Crippen LogP contribution is -2.30. The summed E-state index contributed by atoms with van der Waals surface area (Å²) in [6.45, 7) is 4.72. The zero-order chi connectivity index (χ0) is 12.3. The number of hydrogen-bond donors (Lipinski definition) is 1. The van der Waals surface area contributed by atoms with Gasteiger partial charge in [-0.3, -0.25) is 0 Å². The van der Waals surface area contributed by atoms with Crippen LogP contribution < -0.4 is 14.8 Å². The van der Waals surface area contributed by atoms with Crippen LogP contribution in [0.2, 0.25) is 0 Å². The third kappa shape index (κ3) is 3.07. The normalized spacial score (nSPS) is 16.9. The highest BCUT2D eigenvalue weighted by molar-refractivity contribution is 7.98. The van der Waals surface area contributed by atoms with E-state index in [1.54, 1.807) is 0 Å². The number of benzene rings is 1. The summed E-state index contributed by atoms with van der Waals surface area (Å²) in [5.74, 6) is 2.82. The molecule has 94 valence electrons. The molecule has 0 spiro atoms. The molecule has 3 nitrogen and oxygen atoms in total. The third-order valence-electron chi connectivity index (χ3n) is 2.85. The summed E-state index contributed by atoms with van der Waals surface area (Å²) in [7, 11) is 0. The Balaban J connectivity index is 2.01. The number of nitrogens with one attached hydrogen (secondary N) is 1. The molecular weight excluding hydrogens is 234 g/mol. The predicted molar refractivity (Wildman–Crippen MR) is 72.0 cm³/mol. The van der Waals surface area contributed by atoms with Gasteiger partial charge in [-0.2, -0.15) is 11.8 Å². The van der Waals surface area contributed by atoms with Gasteiger partial charge in [0.25, 0.3) is 0 Å². The van der Waals surface area contributed by atoms with Gasteiger partial charge in [-0.15, -0.1) is 0 Å². The first-order valence-electron chi connectivity index (χ1n) is 5.85. The predicted octanol–water partition coefficient (Wildman–Crippen LogP) is 2.82. The average molecular weight is 253 g/mol. The fourth-order valence-electron chi connectivity index (χ4n) is 2.00. The molecule has 0 fully saturated rings. The van der Waals surface area contributed by atoms with E-state index >= 15 is 0 Å². The van der Waals surface area contributed by atoms with Crippen molar-refractivity contribution in [3.05, 3.63) is 23.8 Å². The Bertz CT molecular complexity index is 384. The van der Waals surface area contributed by atoms with Crippen LogP contribution in [0.3, 0.4) is 0 Å². The van der Waals surface area contributed by atoms with Gasteiger partial charge in [0.05, 0.1) is 0 Å². The fourth-order valence-corrected chi connectivity index (χ4v) is 2.60. The lowest BCUT2D eigenvalue weighted by atomic mass is 10.1. The summed E-state index contributed by atoms with van der Waals surface area (Å²) in [6, 6.07) is 6.97. The zero-order valence-corrected chi connectivity index (χ0v) is 11.3. The average Bonchev–Trinajstić information content (AvgIpc) is 2.75. The van der Waals surface area contributed by atoms with Crippen molar-refractivity contribution in [2.24, 2.45) is 0 Å². The molecule has 0 aromatic heterocycles. The van der Waals surface area contributed by atoms with Crippen LogP contribution in [0, 0.1) is 0 Å². The van der Waals surface area contributed by atoms with E-state index in [0.29, 0.717) is 18.9 Å². The molecule has 0 saturated heterocycles. The van der Waals surface area contributed by atoms with Crippen molar-refractivity contribution in [1.82, 2.24) is 5.32 Å². The summed E-state index contributed by atoms with van der Waals surface area (Å²) in [6.07, 6.45) is 2.13. The summed E-state index contributed by atoms with van der Waals surface area (Å²) in [5, 5.41) is 3.57. The second kappa shape index (κ2) is 5.65. The Kier molecular flexibility index (Phi) is 4.18. The Hall–Kier alpha value is -0.870. The topological polar surface area (TPSA) is 30.5 Å². The van der Waals surface area contributed by atoms with Crippen LogP contribution in [-0.4, -0.2) is 24.8 Å². The van der Waals surface area contributed by atoms with E-state index in [1.807, 2.05) is 17.8 Å². The van der Waals surface area contributed by atoms with E-state index < -0.39 is 0 Å². The Morgan fingerprint density at radius 3 is 2.82 bits per heavy atom.